The third-order valence-electron chi connectivity index (χ3n) is 3.74. The van der Waals surface area contributed by atoms with Crippen molar-refractivity contribution >= 4 is 29.3 Å². The van der Waals surface area contributed by atoms with Crippen LogP contribution in [0, 0.1) is 0 Å². The van der Waals surface area contributed by atoms with E-state index in [-0.39, 0.29) is 5.78 Å². The van der Waals surface area contributed by atoms with Crippen molar-refractivity contribution in [3.05, 3.63) is 0 Å². The smallest absolute Gasteiger partial charge is 0.209 e. The zero-order valence-corrected chi connectivity index (χ0v) is 18.5. The standard InChI is InChI=1S/C15H28N10OS2/c1-22(2)7-9-24-14(16-18-20-24)27-11-5-13(26)6-12-28-15-17-19-21-25(15)10-8-23(3)4/h5-12H2,1-4H3. The Kier molecular flexibility index (Phi) is 9.81. The van der Waals surface area contributed by atoms with Crippen LogP contribution in [0.5, 0.6) is 0 Å². The fourth-order valence-corrected chi connectivity index (χ4v) is 3.87. The van der Waals surface area contributed by atoms with Gasteiger partial charge in [-0.25, -0.2) is 9.36 Å². The number of hydrogen-bond donors (Lipinski definition) is 0. The normalized spacial score (nSPS) is 11.6. The molecule has 2 rings (SSSR count). The number of rotatable bonds is 14. The molecule has 0 spiro atoms. The number of likely N-dealkylation sites (N-methyl/N-ethyl adjacent to an activating group) is 2. The second-order valence-corrected chi connectivity index (χ2v) is 8.84. The van der Waals surface area contributed by atoms with Gasteiger partial charge in [0.2, 0.25) is 10.3 Å². The van der Waals surface area contributed by atoms with Crippen molar-refractivity contribution in [2.45, 2.75) is 36.2 Å². The molecule has 0 N–H and O–H groups in total. The molecular weight excluding hydrogens is 400 g/mol. The molecule has 0 aliphatic rings. The summed E-state index contributed by atoms with van der Waals surface area (Å²) in [6, 6.07) is 0. The minimum Gasteiger partial charge on any atom is -0.308 e. The van der Waals surface area contributed by atoms with Crippen molar-refractivity contribution in [2.24, 2.45) is 0 Å². The quantitative estimate of drug-likeness (QED) is 0.380. The summed E-state index contributed by atoms with van der Waals surface area (Å²) >= 11 is 3.03. The fourth-order valence-electron chi connectivity index (χ4n) is 2.11. The average molecular weight is 429 g/mol. The molecule has 0 bridgehead atoms. The number of thioether (sulfide) groups is 2. The summed E-state index contributed by atoms with van der Waals surface area (Å²) in [6.45, 7) is 3.19. The molecule has 0 unspecified atom stereocenters. The molecule has 2 aromatic heterocycles. The van der Waals surface area contributed by atoms with Crippen LogP contribution in [0.4, 0.5) is 0 Å². The van der Waals surface area contributed by atoms with Gasteiger partial charge < -0.3 is 9.80 Å². The summed E-state index contributed by atoms with van der Waals surface area (Å²) in [5.74, 6) is 1.57. The number of carbonyl (C=O) groups excluding carboxylic acids is 1. The number of tetrazole rings is 2. The monoisotopic (exact) mass is 428 g/mol. The molecule has 156 valence electrons. The Bertz CT molecular complexity index is 659. The van der Waals surface area contributed by atoms with Crippen LogP contribution in [-0.4, -0.2) is 109 Å². The van der Waals surface area contributed by atoms with Crippen molar-refractivity contribution in [1.82, 2.24) is 50.2 Å². The number of Topliss-reactive ketones (excluding diaryl/α,β-unsaturated/α-hetero) is 1. The highest BCUT2D eigenvalue weighted by Crippen LogP contribution is 2.18. The molecule has 0 radical (unpaired) electrons. The van der Waals surface area contributed by atoms with E-state index in [4.69, 9.17) is 0 Å². The fraction of sp³-hybridized carbons (Fsp3) is 0.800. The molecule has 0 aromatic carbocycles. The van der Waals surface area contributed by atoms with E-state index in [9.17, 15) is 4.79 Å². The summed E-state index contributed by atoms with van der Waals surface area (Å²) in [4.78, 5) is 16.3. The lowest BCUT2D eigenvalue weighted by atomic mass is 10.2. The first-order valence-corrected chi connectivity index (χ1v) is 11.0. The molecular formula is C15H28N10OS2. The Morgan fingerprint density at radius 2 is 1.25 bits per heavy atom. The molecule has 0 saturated heterocycles. The van der Waals surface area contributed by atoms with Crippen LogP contribution < -0.4 is 0 Å². The SMILES string of the molecule is CN(C)CCn1nnnc1SCCC(=O)CCSc1nnnn1CCN(C)C. The van der Waals surface area contributed by atoms with Gasteiger partial charge in [-0.3, -0.25) is 4.79 Å². The van der Waals surface area contributed by atoms with E-state index in [1.165, 1.54) is 23.5 Å². The van der Waals surface area contributed by atoms with E-state index < -0.39 is 0 Å². The van der Waals surface area contributed by atoms with E-state index >= 15 is 0 Å². The van der Waals surface area contributed by atoms with Gasteiger partial charge in [0.1, 0.15) is 5.78 Å². The minimum atomic E-state index is 0.222. The Balaban J connectivity index is 1.65. The molecule has 0 aliphatic heterocycles. The maximum Gasteiger partial charge on any atom is 0.209 e. The summed E-state index contributed by atoms with van der Waals surface area (Å²) in [5.41, 5.74) is 0. The van der Waals surface area contributed by atoms with Crippen LogP contribution in [-0.2, 0) is 17.9 Å². The van der Waals surface area contributed by atoms with Crippen molar-refractivity contribution < 1.29 is 4.79 Å². The van der Waals surface area contributed by atoms with Gasteiger partial charge in [0, 0.05) is 37.4 Å². The highest BCUT2D eigenvalue weighted by atomic mass is 32.2. The van der Waals surface area contributed by atoms with Crippen molar-refractivity contribution in [3.63, 3.8) is 0 Å². The van der Waals surface area contributed by atoms with E-state index in [0.717, 1.165) is 36.5 Å². The second-order valence-electron chi connectivity index (χ2n) is 6.71. The molecule has 0 amide bonds. The lowest BCUT2D eigenvalue weighted by molar-refractivity contribution is -0.118. The first kappa shape index (κ1) is 22.7. The molecule has 0 fully saturated rings. The molecule has 13 heteroatoms. The van der Waals surface area contributed by atoms with E-state index in [2.05, 4.69) is 40.9 Å². The van der Waals surface area contributed by atoms with Gasteiger partial charge in [0.15, 0.2) is 0 Å². The minimum absolute atomic E-state index is 0.222. The van der Waals surface area contributed by atoms with E-state index in [1.54, 1.807) is 9.36 Å². The predicted octanol–water partition coefficient (Wildman–Crippen LogP) is 0.0165. The van der Waals surface area contributed by atoms with Crippen molar-refractivity contribution in [2.75, 3.05) is 52.8 Å². The van der Waals surface area contributed by atoms with Gasteiger partial charge in [0.25, 0.3) is 0 Å². The average Bonchev–Trinajstić information content (AvgIpc) is 3.27. The maximum atomic E-state index is 12.1. The zero-order chi connectivity index (χ0) is 20.4. The molecule has 0 saturated carbocycles. The third-order valence-corrected chi connectivity index (χ3v) is 5.66. The lowest BCUT2D eigenvalue weighted by Gasteiger charge is -2.10. The number of ketones is 1. The number of carbonyl (C=O) groups is 1. The third kappa shape index (κ3) is 8.20. The van der Waals surface area contributed by atoms with Crippen LogP contribution in [0.3, 0.4) is 0 Å². The maximum absolute atomic E-state index is 12.1. The molecule has 0 atom stereocenters. The lowest BCUT2D eigenvalue weighted by Crippen LogP contribution is -2.19. The van der Waals surface area contributed by atoms with Crippen molar-refractivity contribution in [1.29, 1.82) is 0 Å². The van der Waals surface area contributed by atoms with Crippen LogP contribution >= 0.6 is 23.5 Å². The summed E-state index contributed by atoms with van der Waals surface area (Å²) in [5, 5.41) is 25.0. The molecule has 2 heterocycles. The first-order chi connectivity index (χ1) is 13.5. The molecule has 11 nitrogen and oxygen atoms in total. The number of aromatic nitrogens is 8. The first-order valence-electron chi connectivity index (χ1n) is 9.05. The van der Waals surface area contributed by atoms with Gasteiger partial charge in [-0.15, -0.1) is 10.2 Å². The predicted molar refractivity (Wildman–Crippen MR) is 108 cm³/mol. The van der Waals surface area contributed by atoms with Gasteiger partial charge in [-0.05, 0) is 49.0 Å². The van der Waals surface area contributed by atoms with E-state index in [1.807, 2.05) is 28.2 Å². The summed E-state index contributed by atoms with van der Waals surface area (Å²) < 4.78 is 3.55. The summed E-state index contributed by atoms with van der Waals surface area (Å²) in [7, 11) is 8.03. The molecule has 28 heavy (non-hydrogen) atoms. The number of hydrogen-bond acceptors (Lipinski definition) is 11. The largest absolute Gasteiger partial charge is 0.308 e. The van der Waals surface area contributed by atoms with Crippen molar-refractivity contribution in [3.8, 4) is 0 Å². The van der Waals surface area contributed by atoms with Gasteiger partial charge in [0.05, 0.1) is 13.1 Å². The highest BCUT2D eigenvalue weighted by Gasteiger charge is 2.11. The van der Waals surface area contributed by atoms with Crippen LogP contribution in [0.2, 0.25) is 0 Å². The van der Waals surface area contributed by atoms with Gasteiger partial charge >= 0.3 is 0 Å². The van der Waals surface area contributed by atoms with Crippen LogP contribution in [0.25, 0.3) is 0 Å². The Hall–Kier alpha value is -1.57. The second kappa shape index (κ2) is 12.1. The molecule has 0 aliphatic carbocycles. The Morgan fingerprint density at radius 3 is 1.64 bits per heavy atom. The Labute approximate surface area is 173 Å². The highest BCUT2D eigenvalue weighted by molar-refractivity contribution is 7.99. The zero-order valence-electron chi connectivity index (χ0n) is 16.9. The topological polar surface area (TPSA) is 111 Å². The molecule has 2 aromatic rings. The van der Waals surface area contributed by atoms with Crippen LogP contribution in [0.15, 0.2) is 10.3 Å². The summed E-state index contributed by atoms with van der Waals surface area (Å²) in [6.07, 6.45) is 0.995. The van der Waals surface area contributed by atoms with Crippen LogP contribution in [0.1, 0.15) is 12.8 Å². The van der Waals surface area contributed by atoms with E-state index in [0.29, 0.717) is 24.3 Å². The van der Waals surface area contributed by atoms with Gasteiger partial charge in [-0.2, -0.15) is 0 Å². The Morgan fingerprint density at radius 1 is 0.821 bits per heavy atom. The van der Waals surface area contributed by atoms with Gasteiger partial charge in [-0.1, -0.05) is 23.5 Å². The number of nitrogens with zero attached hydrogens (tertiary/aromatic N) is 10.